The van der Waals surface area contributed by atoms with E-state index in [1.165, 1.54) is 19.1 Å². The summed E-state index contributed by atoms with van der Waals surface area (Å²) in [4.78, 5) is 16.4. The van der Waals surface area contributed by atoms with E-state index in [4.69, 9.17) is 0 Å². The van der Waals surface area contributed by atoms with Crippen LogP contribution in [0.1, 0.15) is 44.9 Å². The minimum atomic E-state index is -3.26. The zero-order valence-corrected chi connectivity index (χ0v) is 15.4. The molecule has 1 aliphatic heterocycles. The number of likely N-dealkylation sites (N-methyl/N-ethyl adjacent to an activating group) is 1. The molecular weight excluding hydrogens is 314 g/mol. The standard InChI is InChI=1S/C16H31N3O3S/c1-17-11-13-18(14-12-17)16(20)9-10-19(23(2,21)22)15-7-5-3-4-6-8-15/h15H,3-14H2,1-2H3. The van der Waals surface area contributed by atoms with E-state index in [-0.39, 0.29) is 11.9 Å². The van der Waals surface area contributed by atoms with Crippen LogP contribution < -0.4 is 0 Å². The highest BCUT2D eigenvalue weighted by molar-refractivity contribution is 7.88. The van der Waals surface area contributed by atoms with Gasteiger partial charge in [-0.1, -0.05) is 25.7 Å². The van der Waals surface area contributed by atoms with Crippen LogP contribution in [0.5, 0.6) is 0 Å². The average molecular weight is 346 g/mol. The Hall–Kier alpha value is -0.660. The van der Waals surface area contributed by atoms with Crippen molar-refractivity contribution < 1.29 is 13.2 Å². The van der Waals surface area contributed by atoms with Crippen molar-refractivity contribution in [3.05, 3.63) is 0 Å². The Balaban J connectivity index is 1.91. The second kappa shape index (κ2) is 8.44. The number of hydrogen-bond acceptors (Lipinski definition) is 4. The molecule has 2 rings (SSSR count). The van der Waals surface area contributed by atoms with Gasteiger partial charge in [0, 0.05) is 45.2 Å². The Morgan fingerprint density at radius 1 is 1.04 bits per heavy atom. The zero-order chi connectivity index (χ0) is 16.9. The summed E-state index contributed by atoms with van der Waals surface area (Å²) in [7, 11) is -1.21. The lowest BCUT2D eigenvalue weighted by molar-refractivity contribution is -0.132. The van der Waals surface area contributed by atoms with Crippen LogP contribution >= 0.6 is 0 Å². The quantitative estimate of drug-likeness (QED) is 0.701. The number of hydrogen-bond donors (Lipinski definition) is 0. The fourth-order valence-electron chi connectivity index (χ4n) is 3.58. The van der Waals surface area contributed by atoms with Crippen molar-refractivity contribution in [1.29, 1.82) is 0 Å². The monoisotopic (exact) mass is 345 g/mol. The van der Waals surface area contributed by atoms with E-state index < -0.39 is 10.0 Å². The van der Waals surface area contributed by atoms with Crippen molar-refractivity contribution in [3.8, 4) is 0 Å². The Kier molecular flexibility index (Phi) is 6.85. The van der Waals surface area contributed by atoms with Crippen LogP contribution in [0.3, 0.4) is 0 Å². The number of piperazine rings is 1. The van der Waals surface area contributed by atoms with E-state index in [9.17, 15) is 13.2 Å². The van der Waals surface area contributed by atoms with Gasteiger partial charge in [0.15, 0.2) is 0 Å². The molecule has 1 saturated heterocycles. The Labute approximate surface area is 140 Å². The molecule has 0 aromatic carbocycles. The van der Waals surface area contributed by atoms with E-state index >= 15 is 0 Å². The van der Waals surface area contributed by atoms with Gasteiger partial charge in [-0.25, -0.2) is 8.42 Å². The molecule has 1 heterocycles. The van der Waals surface area contributed by atoms with Crippen LogP contribution in [0.4, 0.5) is 0 Å². The smallest absolute Gasteiger partial charge is 0.223 e. The van der Waals surface area contributed by atoms with Crippen molar-refractivity contribution in [2.45, 2.75) is 51.0 Å². The molecule has 1 saturated carbocycles. The van der Waals surface area contributed by atoms with E-state index in [2.05, 4.69) is 11.9 Å². The highest BCUT2D eigenvalue weighted by Crippen LogP contribution is 2.24. The molecule has 1 amide bonds. The maximum atomic E-state index is 12.4. The molecule has 134 valence electrons. The first-order chi connectivity index (χ1) is 10.9. The topological polar surface area (TPSA) is 60.9 Å². The summed E-state index contributed by atoms with van der Waals surface area (Å²) in [5.74, 6) is 0.0837. The summed E-state index contributed by atoms with van der Waals surface area (Å²) in [5.41, 5.74) is 0. The largest absolute Gasteiger partial charge is 0.340 e. The maximum absolute atomic E-state index is 12.4. The van der Waals surface area contributed by atoms with Gasteiger partial charge in [-0.3, -0.25) is 4.79 Å². The third-order valence-corrected chi connectivity index (χ3v) is 6.39. The minimum Gasteiger partial charge on any atom is -0.340 e. The van der Waals surface area contributed by atoms with Crippen LogP contribution in [-0.4, -0.2) is 80.5 Å². The highest BCUT2D eigenvalue weighted by Gasteiger charge is 2.28. The molecule has 6 nitrogen and oxygen atoms in total. The molecule has 0 unspecified atom stereocenters. The van der Waals surface area contributed by atoms with E-state index in [0.717, 1.165) is 51.9 Å². The SMILES string of the molecule is CN1CCN(C(=O)CCN(C2CCCCCC2)S(C)(=O)=O)CC1. The molecule has 23 heavy (non-hydrogen) atoms. The number of carbonyl (C=O) groups is 1. The Morgan fingerprint density at radius 3 is 2.13 bits per heavy atom. The Morgan fingerprint density at radius 2 is 1.61 bits per heavy atom. The summed E-state index contributed by atoms with van der Waals surface area (Å²) in [6.07, 6.45) is 7.98. The number of nitrogens with zero attached hydrogens (tertiary/aromatic N) is 3. The van der Waals surface area contributed by atoms with Crippen molar-refractivity contribution >= 4 is 15.9 Å². The summed E-state index contributed by atoms with van der Waals surface area (Å²) < 4.78 is 25.9. The molecule has 7 heteroatoms. The van der Waals surface area contributed by atoms with Crippen LogP contribution in [0.2, 0.25) is 0 Å². The molecule has 0 aromatic heterocycles. The molecule has 0 N–H and O–H groups in total. The van der Waals surface area contributed by atoms with E-state index in [0.29, 0.717) is 13.0 Å². The van der Waals surface area contributed by atoms with Crippen LogP contribution in [0, 0.1) is 0 Å². The number of rotatable bonds is 5. The first-order valence-corrected chi connectivity index (χ1v) is 10.7. The van der Waals surface area contributed by atoms with Crippen molar-refractivity contribution in [1.82, 2.24) is 14.1 Å². The van der Waals surface area contributed by atoms with Gasteiger partial charge < -0.3 is 9.80 Å². The van der Waals surface area contributed by atoms with E-state index in [1.54, 1.807) is 4.31 Å². The number of amides is 1. The van der Waals surface area contributed by atoms with Crippen LogP contribution in [0.25, 0.3) is 0 Å². The zero-order valence-electron chi connectivity index (χ0n) is 14.5. The predicted molar refractivity (Wildman–Crippen MR) is 91.7 cm³/mol. The molecule has 0 spiro atoms. The van der Waals surface area contributed by atoms with E-state index in [1.807, 2.05) is 4.90 Å². The normalized spacial score (nSPS) is 22.3. The molecular formula is C16H31N3O3S. The highest BCUT2D eigenvalue weighted by atomic mass is 32.2. The maximum Gasteiger partial charge on any atom is 0.223 e. The second-order valence-corrected chi connectivity index (χ2v) is 8.89. The first kappa shape index (κ1) is 18.7. The fourth-order valence-corrected chi connectivity index (χ4v) is 4.76. The third-order valence-electron chi connectivity index (χ3n) is 5.06. The first-order valence-electron chi connectivity index (χ1n) is 8.81. The lowest BCUT2D eigenvalue weighted by atomic mass is 10.1. The van der Waals surface area contributed by atoms with Crippen molar-refractivity contribution in [2.24, 2.45) is 0 Å². The minimum absolute atomic E-state index is 0.0767. The molecule has 1 aliphatic carbocycles. The van der Waals surface area contributed by atoms with Crippen LogP contribution in [-0.2, 0) is 14.8 Å². The molecule has 2 fully saturated rings. The summed E-state index contributed by atoms with van der Waals surface area (Å²) in [5, 5.41) is 0. The molecule has 0 atom stereocenters. The van der Waals surface area contributed by atoms with Gasteiger partial charge in [-0.05, 0) is 19.9 Å². The second-order valence-electron chi connectivity index (χ2n) is 6.95. The molecule has 0 radical (unpaired) electrons. The fraction of sp³-hybridized carbons (Fsp3) is 0.938. The summed E-state index contributed by atoms with van der Waals surface area (Å²) in [6, 6.07) is 0.0767. The Bertz CT molecular complexity index is 479. The predicted octanol–water partition coefficient (Wildman–Crippen LogP) is 1.13. The third kappa shape index (κ3) is 5.72. The summed E-state index contributed by atoms with van der Waals surface area (Å²) in [6.45, 7) is 3.61. The number of carbonyl (C=O) groups excluding carboxylic acids is 1. The lowest BCUT2D eigenvalue weighted by Gasteiger charge is -2.33. The van der Waals surface area contributed by atoms with Crippen LogP contribution in [0.15, 0.2) is 0 Å². The molecule has 2 aliphatic rings. The van der Waals surface area contributed by atoms with Gasteiger partial charge in [0.2, 0.25) is 15.9 Å². The van der Waals surface area contributed by atoms with Gasteiger partial charge in [0.05, 0.1) is 6.26 Å². The van der Waals surface area contributed by atoms with Gasteiger partial charge in [-0.15, -0.1) is 0 Å². The van der Waals surface area contributed by atoms with Gasteiger partial charge in [-0.2, -0.15) is 4.31 Å². The lowest BCUT2D eigenvalue weighted by Crippen LogP contribution is -2.48. The molecule has 0 bridgehead atoms. The van der Waals surface area contributed by atoms with Crippen molar-refractivity contribution in [2.75, 3.05) is 46.0 Å². The number of sulfonamides is 1. The summed E-state index contributed by atoms with van der Waals surface area (Å²) >= 11 is 0. The van der Waals surface area contributed by atoms with Gasteiger partial charge >= 0.3 is 0 Å². The molecule has 0 aromatic rings. The van der Waals surface area contributed by atoms with Gasteiger partial charge in [0.25, 0.3) is 0 Å². The average Bonchev–Trinajstić information content (AvgIpc) is 2.76. The van der Waals surface area contributed by atoms with Crippen molar-refractivity contribution in [3.63, 3.8) is 0 Å². The van der Waals surface area contributed by atoms with Gasteiger partial charge in [0.1, 0.15) is 0 Å².